The van der Waals surface area contributed by atoms with E-state index in [9.17, 15) is 4.79 Å². The number of hydrogen-bond acceptors (Lipinski definition) is 2. The van der Waals surface area contributed by atoms with Gasteiger partial charge >= 0.3 is 0 Å². The lowest BCUT2D eigenvalue weighted by molar-refractivity contribution is 0.660. The van der Waals surface area contributed by atoms with Crippen molar-refractivity contribution in [3.63, 3.8) is 0 Å². The first-order valence-corrected chi connectivity index (χ1v) is 11.1. The largest absolute Gasteiger partial charge is 0.456 e. The fourth-order valence-corrected chi connectivity index (χ4v) is 5.15. The quantitative estimate of drug-likeness (QED) is 0.232. The van der Waals surface area contributed by atoms with Crippen LogP contribution in [0, 0.1) is 0 Å². The molecule has 5 aromatic carbocycles. The van der Waals surface area contributed by atoms with Crippen LogP contribution >= 0.6 is 0 Å². The van der Waals surface area contributed by atoms with Crippen molar-refractivity contribution in [2.75, 3.05) is 0 Å². The fraction of sp³-hybridized carbons (Fsp3) is 0. The number of hydrogen-bond donors (Lipinski definition) is 0. The van der Waals surface area contributed by atoms with Gasteiger partial charge in [0.05, 0.1) is 10.8 Å². The van der Waals surface area contributed by atoms with Crippen molar-refractivity contribution in [2.45, 2.75) is 0 Å². The van der Waals surface area contributed by atoms with Crippen molar-refractivity contribution in [2.24, 2.45) is 0 Å². The molecule has 0 unspecified atom stereocenters. The Kier molecular flexibility index (Phi) is 3.73. The second-order valence-corrected chi connectivity index (χ2v) is 8.46. The highest BCUT2D eigenvalue weighted by molar-refractivity contribution is 6.06. The summed E-state index contributed by atoms with van der Waals surface area (Å²) in [4.78, 5) is 13.4. The Morgan fingerprint density at radius 1 is 0.394 bits per heavy atom. The Balaban J connectivity index is 1.70. The van der Waals surface area contributed by atoms with E-state index in [0.717, 1.165) is 27.8 Å². The molecule has 0 fully saturated rings. The van der Waals surface area contributed by atoms with Crippen LogP contribution in [0.5, 0.6) is 0 Å². The monoisotopic (exact) mass is 422 g/mol. The molecule has 0 radical (unpaired) electrons. The van der Waals surface area contributed by atoms with E-state index in [1.165, 1.54) is 16.7 Å². The zero-order chi connectivity index (χ0) is 21.9. The third-order valence-electron chi connectivity index (χ3n) is 6.66. The van der Waals surface area contributed by atoms with Gasteiger partial charge in [0.1, 0.15) is 11.2 Å². The zero-order valence-electron chi connectivity index (χ0n) is 17.7. The summed E-state index contributed by atoms with van der Waals surface area (Å²) >= 11 is 0. The Hall–Kier alpha value is -4.43. The predicted octanol–water partition coefficient (Wildman–Crippen LogP) is 7.93. The Morgan fingerprint density at radius 2 is 0.818 bits per heavy atom. The first-order valence-electron chi connectivity index (χ1n) is 11.1. The van der Waals surface area contributed by atoms with Gasteiger partial charge in [-0.1, -0.05) is 84.9 Å². The molecule has 0 bridgehead atoms. The van der Waals surface area contributed by atoms with Gasteiger partial charge in [0, 0.05) is 0 Å². The van der Waals surface area contributed by atoms with E-state index in [1.54, 1.807) is 0 Å². The summed E-state index contributed by atoms with van der Waals surface area (Å²) in [6.45, 7) is 0. The van der Waals surface area contributed by atoms with Crippen molar-refractivity contribution >= 4 is 21.9 Å². The van der Waals surface area contributed by atoms with Crippen LogP contribution in [0.3, 0.4) is 0 Å². The summed E-state index contributed by atoms with van der Waals surface area (Å²) in [5.74, 6) is 0. The fourth-order valence-electron chi connectivity index (χ4n) is 5.15. The van der Waals surface area contributed by atoms with E-state index in [4.69, 9.17) is 4.42 Å². The number of rotatable bonds is 0. The molecule has 0 N–H and O–H groups in total. The highest BCUT2D eigenvalue weighted by Crippen LogP contribution is 2.48. The summed E-state index contributed by atoms with van der Waals surface area (Å²) in [5, 5.41) is 1.21. The Morgan fingerprint density at radius 3 is 1.36 bits per heavy atom. The van der Waals surface area contributed by atoms with Gasteiger partial charge < -0.3 is 4.42 Å². The normalized spacial score (nSPS) is 11.8. The predicted molar refractivity (Wildman–Crippen MR) is 135 cm³/mol. The lowest BCUT2D eigenvalue weighted by atomic mass is 9.80. The molecule has 0 amide bonds. The molecule has 1 aromatic heterocycles. The van der Waals surface area contributed by atoms with Gasteiger partial charge in [-0.25, -0.2) is 0 Å². The topological polar surface area (TPSA) is 30.2 Å². The lowest BCUT2D eigenvalue weighted by Gasteiger charge is -2.23. The number of fused-ring (bicyclic) bond motifs is 10. The molecule has 2 heteroatoms. The zero-order valence-corrected chi connectivity index (χ0v) is 17.7. The first kappa shape index (κ1) is 18.2. The van der Waals surface area contributed by atoms with Gasteiger partial charge in [-0.2, -0.15) is 0 Å². The van der Waals surface area contributed by atoms with E-state index >= 15 is 0 Å². The van der Waals surface area contributed by atoms with Crippen LogP contribution in [0.4, 0.5) is 0 Å². The van der Waals surface area contributed by atoms with Crippen molar-refractivity contribution < 1.29 is 4.42 Å². The van der Waals surface area contributed by atoms with Gasteiger partial charge in [-0.05, 0) is 68.8 Å². The van der Waals surface area contributed by atoms with Crippen LogP contribution in [0.25, 0.3) is 66.4 Å². The number of benzene rings is 5. The molecule has 6 aromatic rings. The van der Waals surface area contributed by atoms with Crippen LogP contribution in [0.2, 0.25) is 0 Å². The molecule has 2 nitrogen and oxygen atoms in total. The second-order valence-electron chi connectivity index (χ2n) is 8.46. The maximum atomic E-state index is 13.4. The summed E-state index contributed by atoms with van der Waals surface area (Å²) in [5.41, 5.74) is 10.3. The van der Waals surface area contributed by atoms with Crippen molar-refractivity contribution in [1.29, 1.82) is 0 Å². The molecule has 0 saturated carbocycles. The molecule has 154 valence electrons. The first-order chi connectivity index (χ1) is 16.3. The molecule has 0 spiro atoms. The summed E-state index contributed by atoms with van der Waals surface area (Å²) in [6, 6.07) is 37.0. The molecule has 33 heavy (non-hydrogen) atoms. The van der Waals surface area contributed by atoms with Crippen LogP contribution < -0.4 is 5.43 Å². The average Bonchev–Trinajstić information content (AvgIpc) is 2.88. The molecule has 0 aliphatic heterocycles. The van der Waals surface area contributed by atoms with E-state index in [2.05, 4.69) is 72.8 Å². The van der Waals surface area contributed by atoms with Gasteiger partial charge in [-0.3, -0.25) is 4.79 Å². The third kappa shape index (κ3) is 2.58. The van der Waals surface area contributed by atoms with Gasteiger partial charge in [0.2, 0.25) is 5.43 Å². The van der Waals surface area contributed by atoms with E-state index < -0.39 is 0 Å². The van der Waals surface area contributed by atoms with Gasteiger partial charge in [0.25, 0.3) is 0 Å². The molecule has 1 aliphatic carbocycles. The summed E-state index contributed by atoms with van der Waals surface area (Å²) < 4.78 is 6.24. The number of para-hydroxylation sites is 1. The van der Waals surface area contributed by atoms with Crippen LogP contribution in [-0.2, 0) is 0 Å². The minimum Gasteiger partial charge on any atom is -0.456 e. The summed E-state index contributed by atoms with van der Waals surface area (Å²) in [6.07, 6.45) is 0. The Labute approximate surface area is 190 Å². The van der Waals surface area contributed by atoms with Crippen LogP contribution in [0.15, 0.2) is 118 Å². The minimum absolute atomic E-state index is 0.00266. The van der Waals surface area contributed by atoms with Crippen LogP contribution in [0.1, 0.15) is 0 Å². The second kappa shape index (κ2) is 6.78. The van der Waals surface area contributed by atoms with Crippen molar-refractivity contribution in [3.05, 3.63) is 119 Å². The maximum absolute atomic E-state index is 13.4. The highest BCUT2D eigenvalue weighted by Gasteiger charge is 2.23. The van der Waals surface area contributed by atoms with E-state index in [1.807, 2.05) is 36.4 Å². The van der Waals surface area contributed by atoms with E-state index in [0.29, 0.717) is 21.9 Å². The standard InChI is InChI=1S/C31H18O2/c32-31-25-15-7-8-16-29(25)33-30-18-27-24-14-6-4-12-22(24)20-10-2-1-9-19(20)21-11-3-5-13-23(21)26(27)17-28(30)31/h1-18H. The highest BCUT2D eigenvalue weighted by atomic mass is 16.3. The van der Waals surface area contributed by atoms with E-state index in [-0.39, 0.29) is 5.43 Å². The van der Waals surface area contributed by atoms with Gasteiger partial charge in [0.15, 0.2) is 0 Å². The molecule has 0 atom stereocenters. The molecule has 0 saturated heterocycles. The maximum Gasteiger partial charge on any atom is 0.200 e. The van der Waals surface area contributed by atoms with Crippen LogP contribution in [-0.4, -0.2) is 0 Å². The smallest absolute Gasteiger partial charge is 0.200 e. The summed E-state index contributed by atoms with van der Waals surface area (Å²) in [7, 11) is 0. The van der Waals surface area contributed by atoms with Gasteiger partial charge in [-0.15, -0.1) is 0 Å². The third-order valence-corrected chi connectivity index (χ3v) is 6.66. The molecule has 1 heterocycles. The molecular weight excluding hydrogens is 404 g/mol. The van der Waals surface area contributed by atoms with Crippen molar-refractivity contribution in [1.82, 2.24) is 0 Å². The SMILES string of the molecule is O=c1c2ccccc2oc2cc3c(cc12)-c1ccccc1-c1ccccc1-c1ccccc1-3. The molecule has 1 aliphatic rings. The lowest BCUT2D eigenvalue weighted by Crippen LogP contribution is -2.04. The molecule has 7 rings (SSSR count). The Bertz CT molecular complexity index is 1790. The van der Waals surface area contributed by atoms with Crippen molar-refractivity contribution in [3.8, 4) is 44.5 Å². The molecular formula is C31H18O2. The average molecular weight is 422 g/mol. The minimum atomic E-state index is 0.00266.